The van der Waals surface area contributed by atoms with E-state index in [1.807, 2.05) is 31.5 Å². The van der Waals surface area contributed by atoms with Gasteiger partial charge in [0.25, 0.3) is 5.89 Å². The van der Waals surface area contributed by atoms with Crippen LogP contribution < -0.4 is 0 Å². The molecule has 3 aromatic rings. The van der Waals surface area contributed by atoms with Crippen molar-refractivity contribution in [1.29, 1.82) is 0 Å². The van der Waals surface area contributed by atoms with Gasteiger partial charge in [0.15, 0.2) is 0 Å². The molecular weight excluding hydrogens is 284 g/mol. The minimum Gasteiger partial charge on any atom is -0.333 e. The van der Waals surface area contributed by atoms with Crippen molar-refractivity contribution in [1.82, 2.24) is 20.1 Å². The molecule has 0 spiro atoms. The average molecular weight is 298 g/mol. The van der Waals surface area contributed by atoms with Crippen LogP contribution in [0.25, 0.3) is 22.3 Å². The van der Waals surface area contributed by atoms with Gasteiger partial charge >= 0.3 is 0 Å². The van der Waals surface area contributed by atoms with Gasteiger partial charge in [-0.2, -0.15) is 4.98 Å². The monoisotopic (exact) mass is 298 g/mol. The molecule has 0 atom stereocenters. The number of aromatic nitrogens is 4. The highest BCUT2D eigenvalue weighted by Gasteiger charge is 2.30. The second kappa shape index (κ2) is 4.73. The molecule has 3 aromatic heterocycles. The molecule has 0 amide bonds. The molecule has 0 bridgehead atoms. The Morgan fingerprint density at radius 1 is 1.19 bits per heavy atom. The maximum absolute atomic E-state index is 5.43. The highest BCUT2D eigenvalue weighted by atomic mass is 32.1. The lowest BCUT2D eigenvalue weighted by atomic mass is 10.2. The predicted octanol–water partition coefficient (Wildman–Crippen LogP) is 3.75. The third-order valence-electron chi connectivity index (χ3n) is 3.51. The fourth-order valence-electron chi connectivity index (χ4n) is 2.44. The Bertz CT molecular complexity index is 783. The molecule has 0 aromatic carbocycles. The minimum absolute atomic E-state index is 0.534. The molecule has 0 unspecified atom stereocenters. The van der Waals surface area contributed by atoms with Gasteiger partial charge in [-0.1, -0.05) is 5.16 Å². The largest absolute Gasteiger partial charge is 0.333 e. The summed E-state index contributed by atoms with van der Waals surface area (Å²) >= 11 is 1.56. The van der Waals surface area contributed by atoms with E-state index in [2.05, 4.69) is 20.1 Å². The fourth-order valence-corrected chi connectivity index (χ4v) is 3.23. The van der Waals surface area contributed by atoms with Crippen molar-refractivity contribution < 1.29 is 4.52 Å². The van der Waals surface area contributed by atoms with Crippen LogP contribution in [0.1, 0.15) is 35.7 Å². The van der Waals surface area contributed by atoms with Gasteiger partial charge in [-0.05, 0) is 44.4 Å². The van der Waals surface area contributed by atoms with Crippen LogP contribution in [0.15, 0.2) is 22.2 Å². The van der Waals surface area contributed by atoms with Crippen LogP contribution in [0.5, 0.6) is 0 Å². The molecule has 0 saturated heterocycles. The van der Waals surface area contributed by atoms with Crippen molar-refractivity contribution in [3.63, 3.8) is 0 Å². The van der Waals surface area contributed by atoms with E-state index in [1.54, 1.807) is 11.3 Å². The van der Waals surface area contributed by atoms with E-state index in [9.17, 15) is 0 Å². The lowest BCUT2D eigenvalue weighted by molar-refractivity contribution is 0.432. The van der Waals surface area contributed by atoms with E-state index >= 15 is 0 Å². The maximum Gasteiger partial charge on any atom is 0.270 e. The predicted molar refractivity (Wildman–Crippen MR) is 80.1 cm³/mol. The van der Waals surface area contributed by atoms with Crippen molar-refractivity contribution in [2.45, 2.75) is 32.6 Å². The Balaban J connectivity index is 1.73. The van der Waals surface area contributed by atoms with Crippen molar-refractivity contribution in [2.24, 2.45) is 0 Å². The molecule has 21 heavy (non-hydrogen) atoms. The Hall–Kier alpha value is -2.08. The summed E-state index contributed by atoms with van der Waals surface area (Å²) in [4.78, 5) is 14.4. The summed E-state index contributed by atoms with van der Waals surface area (Å²) in [6.45, 7) is 4.00. The van der Waals surface area contributed by atoms with E-state index < -0.39 is 0 Å². The molecule has 1 aliphatic carbocycles. The van der Waals surface area contributed by atoms with E-state index in [-0.39, 0.29) is 0 Å². The van der Waals surface area contributed by atoms with Gasteiger partial charge in [-0.3, -0.25) is 0 Å². The zero-order valence-corrected chi connectivity index (χ0v) is 12.6. The molecule has 4 rings (SSSR count). The number of aryl methyl sites for hydroxylation is 2. The van der Waals surface area contributed by atoms with E-state index in [0.717, 1.165) is 27.5 Å². The van der Waals surface area contributed by atoms with Gasteiger partial charge in [0.2, 0.25) is 5.82 Å². The first-order chi connectivity index (χ1) is 10.2. The summed E-state index contributed by atoms with van der Waals surface area (Å²) in [5.41, 5.74) is 5.79. The molecule has 1 saturated carbocycles. The number of hydrogen-bond donors (Lipinski definition) is 0. The van der Waals surface area contributed by atoms with Crippen LogP contribution in [0.3, 0.4) is 0 Å². The molecule has 5 nitrogen and oxygen atoms in total. The normalized spacial score (nSPS) is 14.6. The van der Waals surface area contributed by atoms with E-state index in [1.165, 1.54) is 12.8 Å². The van der Waals surface area contributed by atoms with Crippen molar-refractivity contribution in [2.75, 3.05) is 0 Å². The molecule has 106 valence electrons. The van der Waals surface area contributed by atoms with Gasteiger partial charge in [0.1, 0.15) is 10.6 Å². The second-order valence-electron chi connectivity index (χ2n) is 5.44. The molecule has 0 aliphatic heterocycles. The summed E-state index contributed by atoms with van der Waals surface area (Å²) in [6.07, 6.45) is 2.41. The van der Waals surface area contributed by atoms with Crippen molar-refractivity contribution in [3.05, 3.63) is 34.6 Å². The number of pyridine rings is 1. The van der Waals surface area contributed by atoms with Crippen LogP contribution in [0.4, 0.5) is 0 Å². The SMILES string of the molecule is Cc1cc(C)nc(-c2noc(-c3scnc3C3CC3)n2)c1. The van der Waals surface area contributed by atoms with Crippen molar-refractivity contribution >= 4 is 11.3 Å². The Kier molecular flexibility index (Phi) is 2.85. The molecule has 1 aliphatic rings. The Morgan fingerprint density at radius 2 is 2.05 bits per heavy atom. The summed E-state index contributed by atoms with van der Waals surface area (Å²) in [5.74, 6) is 1.66. The summed E-state index contributed by atoms with van der Waals surface area (Å²) < 4.78 is 5.43. The zero-order valence-electron chi connectivity index (χ0n) is 11.8. The molecule has 1 fully saturated rings. The van der Waals surface area contributed by atoms with Crippen LogP contribution in [-0.2, 0) is 0 Å². The van der Waals surface area contributed by atoms with Crippen LogP contribution in [0, 0.1) is 13.8 Å². The summed E-state index contributed by atoms with van der Waals surface area (Å²) in [5, 5.41) is 4.08. The lowest BCUT2D eigenvalue weighted by Crippen LogP contribution is -1.90. The molecule has 0 radical (unpaired) electrons. The molecule has 0 N–H and O–H groups in total. The standard InChI is InChI=1S/C15H14N4OS/c1-8-5-9(2)17-11(6-8)14-18-15(20-19-14)13-12(10-3-4-10)16-7-21-13/h5-7,10H,3-4H2,1-2H3. The average Bonchev–Trinajstić information content (AvgIpc) is 3.00. The van der Waals surface area contributed by atoms with Crippen LogP contribution in [-0.4, -0.2) is 20.1 Å². The number of hydrogen-bond acceptors (Lipinski definition) is 6. The second-order valence-corrected chi connectivity index (χ2v) is 6.29. The summed E-state index contributed by atoms with van der Waals surface area (Å²) in [7, 11) is 0. The number of rotatable bonds is 3. The Labute approximate surface area is 126 Å². The van der Waals surface area contributed by atoms with Gasteiger partial charge in [-0.15, -0.1) is 11.3 Å². The first-order valence-electron chi connectivity index (χ1n) is 6.94. The van der Waals surface area contributed by atoms with Gasteiger partial charge in [-0.25, -0.2) is 9.97 Å². The highest BCUT2D eigenvalue weighted by molar-refractivity contribution is 7.13. The van der Waals surface area contributed by atoms with Gasteiger partial charge < -0.3 is 4.52 Å². The quantitative estimate of drug-likeness (QED) is 0.736. The molecule has 3 heterocycles. The minimum atomic E-state index is 0.534. The van der Waals surface area contributed by atoms with E-state index in [0.29, 0.717) is 17.6 Å². The topological polar surface area (TPSA) is 64.7 Å². The third-order valence-corrected chi connectivity index (χ3v) is 4.34. The summed E-state index contributed by atoms with van der Waals surface area (Å²) in [6, 6.07) is 4.00. The van der Waals surface area contributed by atoms with Crippen LogP contribution >= 0.6 is 11.3 Å². The first kappa shape index (κ1) is 12.6. The lowest BCUT2D eigenvalue weighted by Gasteiger charge is -1.98. The zero-order chi connectivity index (χ0) is 14.4. The fraction of sp³-hybridized carbons (Fsp3) is 0.333. The third kappa shape index (κ3) is 2.35. The first-order valence-corrected chi connectivity index (χ1v) is 7.82. The Morgan fingerprint density at radius 3 is 2.81 bits per heavy atom. The van der Waals surface area contributed by atoms with Crippen LogP contribution in [0.2, 0.25) is 0 Å². The highest BCUT2D eigenvalue weighted by Crippen LogP contribution is 2.44. The van der Waals surface area contributed by atoms with E-state index in [4.69, 9.17) is 4.52 Å². The molecular formula is C15H14N4OS. The number of thiazole rings is 1. The van der Waals surface area contributed by atoms with Gasteiger partial charge in [0, 0.05) is 11.6 Å². The number of nitrogens with zero attached hydrogens (tertiary/aromatic N) is 4. The molecule has 6 heteroatoms. The maximum atomic E-state index is 5.43. The smallest absolute Gasteiger partial charge is 0.270 e. The van der Waals surface area contributed by atoms with Gasteiger partial charge in [0.05, 0.1) is 11.2 Å². The van der Waals surface area contributed by atoms with Crippen molar-refractivity contribution in [3.8, 4) is 22.3 Å².